The number of unbranched alkanes of at least 4 members (excludes halogenated alkanes) is 1. The molecule has 0 aliphatic carbocycles. The highest BCUT2D eigenvalue weighted by Gasteiger charge is 2.15. The minimum atomic E-state index is 0.0590. The summed E-state index contributed by atoms with van der Waals surface area (Å²) < 4.78 is 0. The number of amides is 1. The first-order valence-corrected chi connectivity index (χ1v) is 10.1. The Balaban J connectivity index is 1.43. The van der Waals surface area contributed by atoms with E-state index in [-0.39, 0.29) is 5.91 Å². The van der Waals surface area contributed by atoms with Crippen LogP contribution in [0.1, 0.15) is 32.1 Å². The van der Waals surface area contributed by atoms with Crippen LogP contribution in [0.3, 0.4) is 0 Å². The molecule has 2 aromatic rings. The zero-order valence-corrected chi connectivity index (χ0v) is 14.3. The van der Waals surface area contributed by atoms with E-state index in [1.165, 1.54) is 18.6 Å². The van der Waals surface area contributed by atoms with Gasteiger partial charge in [0.05, 0.1) is 0 Å². The molecule has 2 heterocycles. The molecule has 1 amide bonds. The lowest BCUT2D eigenvalue weighted by Crippen LogP contribution is -2.11. The van der Waals surface area contributed by atoms with E-state index in [1.54, 1.807) is 0 Å². The van der Waals surface area contributed by atoms with Crippen LogP contribution < -0.4 is 5.32 Å². The number of hydrogen-bond donors (Lipinski definition) is 2. The highest BCUT2D eigenvalue weighted by atomic mass is 33.1. The highest BCUT2D eigenvalue weighted by Crippen LogP contribution is 2.39. The Morgan fingerprint density at radius 1 is 1.39 bits per heavy atom. The van der Waals surface area contributed by atoms with E-state index in [0.29, 0.717) is 12.2 Å². The standard InChI is InChI=1S/C15H19N5OS2/c21-14(7-2-1-6-13-8-9-22-23-13)16-12-5-3-4-11(10-12)15-17-19-20-18-15/h3-5,10,13H,1-2,6-9H2,(H,16,21)(H,17,18,19,20)/t13-/m0/s1. The third kappa shape index (κ3) is 4.97. The first-order chi connectivity index (χ1) is 11.3. The Hall–Kier alpha value is -1.54. The number of tetrazole rings is 1. The van der Waals surface area contributed by atoms with Crippen LogP contribution in [-0.2, 0) is 4.79 Å². The van der Waals surface area contributed by atoms with Crippen molar-refractivity contribution < 1.29 is 4.79 Å². The van der Waals surface area contributed by atoms with E-state index < -0.39 is 0 Å². The van der Waals surface area contributed by atoms with Crippen LogP contribution in [0.4, 0.5) is 5.69 Å². The number of aromatic amines is 1. The van der Waals surface area contributed by atoms with Gasteiger partial charge in [-0.2, -0.15) is 5.21 Å². The van der Waals surface area contributed by atoms with Crippen LogP contribution in [0.2, 0.25) is 0 Å². The summed E-state index contributed by atoms with van der Waals surface area (Å²) in [5.41, 5.74) is 1.59. The van der Waals surface area contributed by atoms with Crippen molar-refractivity contribution in [3.8, 4) is 11.4 Å². The predicted molar refractivity (Wildman–Crippen MR) is 95.2 cm³/mol. The van der Waals surface area contributed by atoms with E-state index in [0.717, 1.165) is 29.3 Å². The molecule has 23 heavy (non-hydrogen) atoms. The second kappa shape index (κ2) is 8.35. The van der Waals surface area contributed by atoms with Gasteiger partial charge in [-0.25, -0.2) is 0 Å². The van der Waals surface area contributed by atoms with Crippen LogP contribution in [-0.4, -0.2) is 37.5 Å². The molecule has 1 aliphatic heterocycles. The average Bonchev–Trinajstić information content (AvgIpc) is 3.25. The second-order valence-electron chi connectivity index (χ2n) is 5.44. The number of nitrogens with one attached hydrogen (secondary N) is 2. The first kappa shape index (κ1) is 16.3. The van der Waals surface area contributed by atoms with Crippen molar-refractivity contribution in [2.45, 2.75) is 37.4 Å². The molecule has 0 bridgehead atoms. The lowest BCUT2D eigenvalue weighted by Gasteiger charge is -2.08. The molecular formula is C15H19N5OS2. The van der Waals surface area contributed by atoms with Crippen molar-refractivity contribution in [2.24, 2.45) is 0 Å². The Morgan fingerprint density at radius 2 is 2.35 bits per heavy atom. The molecule has 0 saturated carbocycles. The minimum absolute atomic E-state index is 0.0590. The maximum Gasteiger partial charge on any atom is 0.224 e. The van der Waals surface area contributed by atoms with Gasteiger partial charge in [-0.15, -0.1) is 10.2 Å². The Bertz CT molecular complexity index is 629. The summed E-state index contributed by atoms with van der Waals surface area (Å²) in [6.45, 7) is 0. The fourth-order valence-corrected chi connectivity index (χ4v) is 5.49. The van der Waals surface area contributed by atoms with Gasteiger partial charge in [0.2, 0.25) is 11.7 Å². The van der Waals surface area contributed by atoms with Gasteiger partial charge in [-0.05, 0) is 36.6 Å². The molecule has 1 aromatic carbocycles. The van der Waals surface area contributed by atoms with E-state index in [9.17, 15) is 4.79 Å². The largest absolute Gasteiger partial charge is 0.326 e. The number of benzene rings is 1. The molecule has 0 radical (unpaired) electrons. The van der Waals surface area contributed by atoms with E-state index in [4.69, 9.17) is 0 Å². The molecule has 2 N–H and O–H groups in total. The van der Waals surface area contributed by atoms with Crippen molar-refractivity contribution in [2.75, 3.05) is 11.1 Å². The monoisotopic (exact) mass is 349 g/mol. The Morgan fingerprint density at radius 3 is 3.13 bits per heavy atom. The maximum atomic E-state index is 12.0. The number of H-pyrrole nitrogens is 1. The zero-order valence-electron chi connectivity index (χ0n) is 12.7. The van der Waals surface area contributed by atoms with Crippen LogP contribution in [0, 0.1) is 0 Å². The molecule has 122 valence electrons. The van der Waals surface area contributed by atoms with Gasteiger partial charge < -0.3 is 5.32 Å². The van der Waals surface area contributed by atoms with Gasteiger partial charge in [0, 0.05) is 28.7 Å². The number of rotatable bonds is 7. The third-order valence-corrected chi connectivity index (χ3v) is 6.66. The van der Waals surface area contributed by atoms with Gasteiger partial charge >= 0.3 is 0 Å². The third-order valence-electron chi connectivity index (χ3n) is 3.66. The van der Waals surface area contributed by atoms with Crippen molar-refractivity contribution in [1.82, 2.24) is 20.6 Å². The summed E-state index contributed by atoms with van der Waals surface area (Å²) in [4.78, 5) is 12.0. The maximum absolute atomic E-state index is 12.0. The Kier molecular flexibility index (Phi) is 5.93. The summed E-state index contributed by atoms with van der Waals surface area (Å²) >= 11 is 0. The lowest BCUT2D eigenvalue weighted by molar-refractivity contribution is -0.116. The van der Waals surface area contributed by atoms with Crippen molar-refractivity contribution >= 4 is 33.2 Å². The number of nitrogens with zero attached hydrogens (tertiary/aromatic N) is 3. The molecule has 1 saturated heterocycles. The van der Waals surface area contributed by atoms with Gasteiger partial charge in [-0.1, -0.05) is 40.1 Å². The zero-order chi connectivity index (χ0) is 15.9. The van der Waals surface area contributed by atoms with E-state index >= 15 is 0 Å². The molecule has 1 aliphatic rings. The summed E-state index contributed by atoms with van der Waals surface area (Å²) in [6, 6.07) is 7.48. The fourth-order valence-electron chi connectivity index (χ4n) is 2.47. The van der Waals surface area contributed by atoms with Gasteiger partial charge in [-0.3, -0.25) is 4.79 Å². The van der Waals surface area contributed by atoms with Gasteiger partial charge in [0.1, 0.15) is 0 Å². The van der Waals surface area contributed by atoms with Crippen LogP contribution >= 0.6 is 21.6 Å². The van der Waals surface area contributed by atoms with Gasteiger partial charge in [0.25, 0.3) is 0 Å². The molecule has 1 aromatic heterocycles. The number of aromatic nitrogens is 4. The molecule has 8 heteroatoms. The second-order valence-corrected chi connectivity index (χ2v) is 8.23. The molecule has 0 unspecified atom stereocenters. The van der Waals surface area contributed by atoms with E-state index in [2.05, 4.69) is 25.9 Å². The quantitative estimate of drug-likeness (QED) is 0.588. The number of carbonyl (C=O) groups is 1. The topological polar surface area (TPSA) is 83.6 Å². The minimum Gasteiger partial charge on any atom is -0.326 e. The van der Waals surface area contributed by atoms with Crippen LogP contribution in [0.15, 0.2) is 24.3 Å². The summed E-state index contributed by atoms with van der Waals surface area (Å²) in [5.74, 6) is 1.85. The van der Waals surface area contributed by atoms with Crippen LogP contribution in [0.25, 0.3) is 11.4 Å². The van der Waals surface area contributed by atoms with Crippen molar-refractivity contribution in [3.05, 3.63) is 24.3 Å². The smallest absolute Gasteiger partial charge is 0.224 e. The number of carbonyl (C=O) groups excluding carboxylic acids is 1. The molecule has 6 nitrogen and oxygen atoms in total. The predicted octanol–water partition coefficient (Wildman–Crippen LogP) is 3.52. The number of anilines is 1. The lowest BCUT2D eigenvalue weighted by atomic mass is 10.1. The van der Waals surface area contributed by atoms with Crippen molar-refractivity contribution in [3.63, 3.8) is 0 Å². The average molecular weight is 349 g/mol. The summed E-state index contributed by atoms with van der Waals surface area (Å²) in [5, 5.41) is 17.6. The molecule has 3 rings (SSSR count). The summed E-state index contributed by atoms with van der Waals surface area (Å²) in [6.07, 6.45) is 5.16. The fraction of sp³-hybridized carbons (Fsp3) is 0.467. The van der Waals surface area contributed by atoms with Crippen molar-refractivity contribution in [1.29, 1.82) is 0 Å². The number of hydrogen-bond acceptors (Lipinski definition) is 6. The highest BCUT2D eigenvalue weighted by molar-refractivity contribution is 8.77. The molecular weight excluding hydrogens is 330 g/mol. The normalized spacial score (nSPS) is 17.3. The van der Waals surface area contributed by atoms with Gasteiger partial charge in [0.15, 0.2) is 0 Å². The van der Waals surface area contributed by atoms with E-state index in [1.807, 2.05) is 45.9 Å². The molecule has 0 spiro atoms. The first-order valence-electron chi connectivity index (χ1n) is 7.73. The molecule has 1 fully saturated rings. The molecule has 1 atom stereocenters. The van der Waals surface area contributed by atoms with Crippen LogP contribution in [0.5, 0.6) is 0 Å². The SMILES string of the molecule is O=C(CCCC[C@H]1CCSS1)Nc1cccc(-c2nn[nH]n2)c1. The summed E-state index contributed by atoms with van der Waals surface area (Å²) in [7, 11) is 3.97. The Labute approximate surface area is 143 Å².